The molecule has 0 bridgehead atoms. The first-order chi connectivity index (χ1) is 15.9. The van der Waals surface area contributed by atoms with E-state index in [1.165, 1.54) is 12.1 Å². The maximum atomic E-state index is 14.1. The standard InChI is InChI=1S/C16H13F2NO.C9H11FN2S/c17-14-4-2-1-3-13(14)12-5-6-16(15(18)7-12)19-8-11(9-19)10-20;1-12-3-2-6-4-7(10)9(13-11)5-8(6)12/h1-7,10-11H,8-9H2;4-5H,2-3,11H2,1H3. The summed E-state index contributed by atoms with van der Waals surface area (Å²) in [5.74, 6) is -0.984. The Labute approximate surface area is 195 Å². The predicted octanol–water partition coefficient (Wildman–Crippen LogP) is 5.05. The summed E-state index contributed by atoms with van der Waals surface area (Å²) < 4.78 is 41.0. The van der Waals surface area contributed by atoms with Crippen molar-refractivity contribution in [3.63, 3.8) is 0 Å². The third-order valence-electron chi connectivity index (χ3n) is 5.96. The number of aldehydes is 1. The summed E-state index contributed by atoms with van der Waals surface area (Å²) in [6, 6.07) is 14.4. The van der Waals surface area contributed by atoms with Gasteiger partial charge in [-0.15, -0.1) is 0 Å². The van der Waals surface area contributed by atoms with Crippen LogP contribution in [0.1, 0.15) is 5.56 Å². The highest BCUT2D eigenvalue weighted by molar-refractivity contribution is 7.97. The summed E-state index contributed by atoms with van der Waals surface area (Å²) >= 11 is 0.962. The van der Waals surface area contributed by atoms with E-state index < -0.39 is 5.82 Å². The number of carbonyl (C=O) groups is 1. The highest BCUT2D eigenvalue weighted by Gasteiger charge is 2.28. The summed E-state index contributed by atoms with van der Waals surface area (Å²) in [7, 11) is 2.01. The molecule has 2 N–H and O–H groups in total. The van der Waals surface area contributed by atoms with Crippen LogP contribution < -0.4 is 14.9 Å². The summed E-state index contributed by atoms with van der Waals surface area (Å²) in [5.41, 5.74) is 3.54. The number of fused-ring (bicyclic) bond motifs is 1. The van der Waals surface area contributed by atoms with Crippen LogP contribution in [0.3, 0.4) is 0 Å². The molecule has 33 heavy (non-hydrogen) atoms. The molecule has 1 saturated heterocycles. The van der Waals surface area contributed by atoms with Gasteiger partial charge >= 0.3 is 0 Å². The van der Waals surface area contributed by atoms with Gasteiger partial charge in [-0.2, -0.15) is 0 Å². The lowest BCUT2D eigenvalue weighted by atomic mass is 9.99. The van der Waals surface area contributed by atoms with Crippen molar-refractivity contribution in [2.45, 2.75) is 11.3 Å². The van der Waals surface area contributed by atoms with Crippen molar-refractivity contribution >= 4 is 29.6 Å². The molecular weight excluding hydrogens is 447 g/mol. The lowest BCUT2D eigenvalue weighted by Crippen LogP contribution is -2.47. The molecule has 0 radical (unpaired) electrons. The molecule has 3 aromatic rings. The molecule has 8 heteroatoms. The SMILES string of the molecule is CN1CCc2cc(F)c(SN)cc21.O=CC1CN(c2ccc(-c3ccccc3F)cc2F)C1. The van der Waals surface area contributed by atoms with Gasteiger partial charge in [-0.05, 0) is 59.8 Å². The van der Waals surface area contributed by atoms with E-state index in [4.69, 9.17) is 5.14 Å². The van der Waals surface area contributed by atoms with Crippen LogP contribution in [0.15, 0.2) is 59.5 Å². The zero-order valence-corrected chi connectivity index (χ0v) is 18.9. The van der Waals surface area contributed by atoms with Crippen molar-refractivity contribution in [3.05, 3.63) is 77.6 Å². The van der Waals surface area contributed by atoms with Crippen molar-refractivity contribution in [2.24, 2.45) is 11.1 Å². The van der Waals surface area contributed by atoms with Gasteiger partial charge in [0, 0.05) is 43.9 Å². The second kappa shape index (κ2) is 9.89. The lowest BCUT2D eigenvalue weighted by molar-refractivity contribution is -0.111. The maximum Gasteiger partial charge on any atom is 0.147 e. The van der Waals surface area contributed by atoms with E-state index >= 15 is 0 Å². The van der Waals surface area contributed by atoms with Gasteiger partial charge < -0.3 is 14.6 Å². The monoisotopic (exact) mass is 471 g/mol. The predicted molar refractivity (Wildman–Crippen MR) is 127 cm³/mol. The number of likely N-dealkylation sites (N-methyl/N-ethyl adjacent to an activating group) is 1. The van der Waals surface area contributed by atoms with Gasteiger partial charge in [0.15, 0.2) is 0 Å². The van der Waals surface area contributed by atoms with E-state index in [1.807, 2.05) is 13.1 Å². The number of rotatable bonds is 4. The first-order valence-electron chi connectivity index (χ1n) is 10.6. The summed E-state index contributed by atoms with van der Waals surface area (Å²) in [6.07, 6.45) is 1.82. The Balaban J connectivity index is 0.000000172. The summed E-state index contributed by atoms with van der Waals surface area (Å²) in [5, 5.41) is 5.35. The van der Waals surface area contributed by atoms with Crippen LogP contribution in [0, 0.1) is 23.4 Å². The minimum Gasteiger partial charge on any atom is -0.374 e. The van der Waals surface area contributed by atoms with Crippen LogP contribution in [0.2, 0.25) is 0 Å². The molecule has 2 heterocycles. The molecule has 0 saturated carbocycles. The minimum absolute atomic E-state index is 0.0133. The fraction of sp³-hybridized carbons (Fsp3) is 0.240. The summed E-state index contributed by atoms with van der Waals surface area (Å²) in [6.45, 7) is 2.05. The van der Waals surface area contributed by atoms with Crippen LogP contribution in [0.4, 0.5) is 24.5 Å². The molecule has 0 amide bonds. The number of benzene rings is 3. The average Bonchev–Trinajstić information content (AvgIpc) is 3.13. The van der Waals surface area contributed by atoms with Crippen LogP contribution >= 0.6 is 11.9 Å². The maximum absolute atomic E-state index is 14.1. The minimum atomic E-state index is -0.393. The quantitative estimate of drug-likeness (QED) is 0.426. The molecular formula is C25H24F3N3OS. The number of hydrogen-bond acceptors (Lipinski definition) is 5. The Bertz CT molecular complexity index is 1170. The molecule has 2 aliphatic heterocycles. The van der Waals surface area contributed by atoms with Crippen LogP contribution in [0.25, 0.3) is 11.1 Å². The number of halogens is 3. The number of anilines is 2. The Morgan fingerprint density at radius 2 is 1.73 bits per heavy atom. The normalized spacial score (nSPS) is 14.9. The van der Waals surface area contributed by atoms with Gasteiger partial charge in [0.2, 0.25) is 0 Å². The molecule has 1 fully saturated rings. The number of nitrogens with two attached hydrogens (primary N) is 1. The Morgan fingerprint density at radius 1 is 0.970 bits per heavy atom. The van der Waals surface area contributed by atoms with E-state index in [2.05, 4.69) is 4.90 Å². The number of nitrogens with zero attached hydrogens (tertiary/aromatic N) is 2. The third-order valence-corrected chi connectivity index (χ3v) is 6.53. The second-order valence-corrected chi connectivity index (χ2v) is 8.82. The Morgan fingerprint density at radius 3 is 2.39 bits per heavy atom. The lowest BCUT2D eigenvalue weighted by Gasteiger charge is -2.38. The number of carbonyl (C=O) groups excluding carboxylic acids is 1. The van der Waals surface area contributed by atoms with E-state index in [0.717, 1.165) is 42.5 Å². The topological polar surface area (TPSA) is 49.6 Å². The molecule has 0 aromatic heterocycles. The van der Waals surface area contributed by atoms with Gasteiger partial charge in [0.05, 0.1) is 10.6 Å². The molecule has 0 spiro atoms. The van der Waals surface area contributed by atoms with Gasteiger partial charge in [-0.25, -0.2) is 13.2 Å². The van der Waals surface area contributed by atoms with Crippen molar-refractivity contribution in [3.8, 4) is 11.1 Å². The van der Waals surface area contributed by atoms with E-state index in [9.17, 15) is 18.0 Å². The molecule has 172 valence electrons. The van der Waals surface area contributed by atoms with Crippen molar-refractivity contribution in [1.82, 2.24) is 0 Å². The van der Waals surface area contributed by atoms with E-state index in [0.29, 0.717) is 34.8 Å². The fourth-order valence-corrected chi connectivity index (χ4v) is 4.41. The first kappa shape index (κ1) is 23.2. The summed E-state index contributed by atoms with van der Waals surface area (Å²) in [4.78, 5) is 15.0. The first-order valence-corrected chi connectivity index (χ1v) is 11.4. The van der Waals surface area contributed by atoms with Gasteiger partial charge in [0.25, 0.3) is 0 Å². The average molecular weight is 472 g/mol. The largest absolute Gasteiger partial charge is 0.374 e. The van der Waals surface area contributed by atoms with Crippen LogP contribution in [0.5, 0.6) is 0 Å². The van der Waals surface area contributed by atoms with Crippen molar-refractivity contribution in [2.75, 3.05) is 36.5 Å². The van der Waals surface area contributed by atoms with Gasteiger partial charge in [-0.3, -0.25) is 5.14 Å². The Hall–Kier alpha value is -2.97. The van der Waals surface area contributed by atoms with Crippen molar-refractivity contribution in [1.29, 1.82) is 0 Å². The molecule has 5 rings (SSSR count). The highest BCUT2D eigenvalue weighted by Crippen LogP contribution is 2.32. The molecule has 4 nitrogen and oxygen atoms in total. The van der Waals surface area contributed by atoms with Gasteiger partial charge in [0.1, 0.15) is 23.7 Å². The zero-order chi connectivity index (χ0) is 23.5. The van der Waals surface area contributed by atoms with E-state index in [-0.39, 0.29) is 17.6 Å². The van der Waals surface area contributed by atoms with Crippen molar-refractivity contribution < 1.29 is 18.0 Å². The molecule has 0 aliphatic carbocycles. The molecule has 3 aromatic carbocycles. The van der Waals surface area contributed by atoms with Crippen LogP contribution in [-0.4, -0.2) is 33.0 Å². The number of hydrogen-bond donors (Lipinski definition) is 1. The molecule has 0 unspecified atom stereocenters. The molecule has 2 aliphatic rings. The third kappa shape index (κ3) is 4.86. The fourth-order valence-electron chi connectivity index (χ4n) is 4.06. The van der Waals surface area contributed by atoms with Crippen LogP contribution in [-0.2, 0) is 11.2 Å². The highest BCUT2D eigenvalue weighted by atomic mass is 32.2. The van der Waals surface area contributed by atoms with E-state index in [1.54, 1.807) is 41.3 Å². The smallest absolute Gasteiger partial charge is 0.147 e. The Kier molecular flexibility index (Phi) is 6.95. The molecule has 0 atom stereocenters. The zero-order valence-electron chi connectivity index (χ0n) is 18.1. The van der Waals surface area contributed by atoms with Gasteiger partial charge in [-0.1, -0.05) is 24.3 Å². The second-order valence-electron chi connectivity index (χ2n) is 8.15.